The summed E-state index contributed by atoms with van der Waals surface area (Å²) in [6.07, 6.45) is 9.13. The van der Waals surface area contributed by atoms with Crippen molar-refractivity contribution in [3.8, 4) is 16.8 Å². The van der Waals surface area contributed by atoms with E-state index in [-0.39, 0.29) is 18.0 Å². The van der Waals surface area contributed by atoms with Crippen molar-refractivity contribution in [2.75, 3.05) is 0 Å². The molecule has 0 saturated heterocycles. The topological polar surface area (TPSA) is 42.2 Å². The van der Waals surface area contributed by atoms with E-state index in [1.807, 2.05) is 0 Å². The van der Waals surface area contributed by atoms with Gasteiger partial charge in [-0.3, -0.25) is 4.99 Å². The highest BCUT2D eigenvalue weighted by molar-refractivity contribution is 6.21. The van der Waals surface area contributed by atoms with Crippen LogP contribution in [0.3, 0.4) is 0 Å². The molecule has 0 radical (unpaired) electrons. The number of hydrogen-bond donors (Lipinski definition) is 1. The lowest BCUT2D eigenvalue weighted by Gasteiger charge is -2.32. The lowest BCUT2D eigenvalue weighted by molar-refractivity contribution is 0.496. The molecule has 3 heterocycles. The van der Waals surface area contributed by atoms with Crippen LogP contribution in [-0.4, -0.2) is 15.3 Å². The van der Waals surface area contributed by atoms with Crippen LogP contribution >= 0.6 is 0 Å². The fourth-order valence-corrected chi connectivity index (χ4v) is 8.27. The molecule has 0 fully saturated rings. The Bertz CT molecular complexity index is 2790. The number of nitrogens with zero attached hydrogens (tertiary/aromatic N) is 3. The van der Waals surface area contributed by atoms with E-state index >= 15 is 0 Å². The number of rotatable bonds is 6. The number of pyridine rings is 1. The van der Waals surface area contributed by atoms with Gasteiger partial charge in [0.2, 0.25) is 0 Å². The highest BCUT2D eigenvalue weighted by Crippen LogP contribution is 2.42. The summed E-state index contributed by atoms with van der Waals surface area (Å²) in [4.78, 5) is 10.7. The van der Waals surface area contributed by atoms with Gasteiger partial charge in [-0.1, -0.05) is 165 Å². The van der Waals surface area contributed by atoms with Gasteiger partial charge in [0.05, 0.1) is 28.0 Å². The maximum Gasteiger partial charge on any atom is 0.145 e. The van der Waals surface area contributed by atoms with Crippen LogP contribution in [0.15, 0.2) is 199 Å². The maximum atomic E-state index is 5.41. The van der Waals surface area contributed by atoms with Gasteiger partial charge in [0.15, 0.2) is 0 Å². The molecule has 2 aromatic heterocycles. The molecule has 1 aliphatic carbocycles. The molecule has 4 nitrogen and oxygen atoms in total. The minimum Gasteiger partial charge on any atom is -0.363 e. The molecule has 258 valence electrons. The van der Waals surface area contributed by atoms with Gasteiger partial charge in [-0.05, 0) is 64.1 Å². The molecule has 1 N–H and O–H groups in total. The first-order chi connectivity index (χ1) is 26.7. The van der Waals surface area contributed by atoms with Crippen molar-refractivity contribution in [2.24, 2.45) is 16.8 Å². The smallest absolute Gasteiger partial charge is 0.145 e. The summed E-state index contributed by atoms with van der Waals surface area (Å²) in [6, 6.07) is 57.8. The molecule has 54 heavy (non-hydrogen) atoms. The van der Waals surface area contributed by atoms with Gasteiger partial charge in [0.25, 0.3) is 0 Å². The molecule has 4 heteroatoms. The Hall–Kier alpha value is -6.78. The Balaban J connectivity index is 1.06. The van der Waals surface area contributed by atoms with Gasteiger partial charge < -0.3 is 9.88 Å². The van der Waals surface area contributed by atoms with Gasteiger partial charge in [-0.25, -0.2) is 4.98 Å². The summed E-state index contributed by atoms with van der Waals surface area (Å²) in [5.41, 5.74) is 13.5. The van der Waals surface area contributed by atoms with E-state index in [1.165, 1.54) is 32.9 Å². The van der Waals surface area contributed by atoms with Gasteiger partial charge in [-0.2, -0.15) is 0 Å². The predicted octanol–water partition coefficient (Wildman–Crippen LogP) is 11.9. The zero-order valence-electron chi connectivity index (χ0n) is 30.0. The van der Waals surface area contributed by atoms with Crippen LogP contribution in [0.2, 0.25) is 0 Å². The lowest BCUT2D eigenvalue weighted by atomic mass is 9.82. The largest absolute Gasteiger partial charge is 0.363 e. The Morgan fingerprint density at radius 2 is 1.24 bits per heavy atom. The summed E-state index contributed by atoms with van der Waals surface area (Å²) in [5, 5.41) is 7.37. The van der Waals surface area contributed by atoms with E-state index in [1.54, 1.807) is 0 Å². The van der Waals surface area contributed by atoms with E-state index < -0.39 is 0 Å². The molecule has 0 spiro atoms. The van der Waals surface area contributed by atoms with Gasteiger partial charge in [-0.15, -0.1) is 0 Å². The van der Waals surface area contributed by atoms with E-state index in [9.17, 15) is 0 Å². The summed E-state index contributed by atoms with van der Waals surface area (Å²) in [5.74, 6) is 0.335. The Labute approximate surface area is 315 Å². The number of aliphatic imine (C=N–C) groups is 1. The van der Waals surface area contributed by atoms with E-state index in [2.05, 4.69) is 205 Å². The first kappa shape index (κ1) is 31.9. The van der Waals surface area contributed by atoms with Crippen LogP contribution < -0.4 is 5.32 Å². The van der Waals surface area contributed by atoms with Crippen molar-refractivity contribution in [3.63, 3.8) is 0 Å². The fourth-order valence-electron chi connectivity index (χ4n) is 8.27. The third-order valence-corrected chi connectivity index (χ3v) is 10.9. The Morgan fingerprint density at radius 1 is 0.611 bits per heavy atom. The minimum absolute atomic E-state index is 0.135. The number of para-hydroxylation sites is 3. The number of nitrogens with one attached hydrogen (secondary N) is 1. The van der Waals surface area contributed by atoms with Gasteiger partial charge >= 0.3 is 0 Å². The van der Waals surface area contributed by atoms with Crippen LogP contribution in [0.4, 0.5) is 0 Å². The highest BCUT2D eigenvalue weighted by atomic mass is 15.1. The second-order valence-corrected chi connectivity index (χ2v) is 14.3. The van der Waals surface area contributed by atoms with E-state index in [0.717, 1.165) is 50.4 Å². The van der Waals surface area contributed by atoms with Crippen molar-refractivity contribution in [1.29, 1.82) is 0 Å². The third kappa shape index (κ3) is 5.55. The van der Waals surface area contributed by atoms with Crippen molar-refractivity contribution in [2.45, 2.75) is 13.1 Å². The molecular weight excluding hydrogens is 657 g/mol. The number of fused-ring (bicyclic) bond motifs is 5. The van der Waals surface area contributed by atoms with Crippen molar-refractivity contribution < 1.29 is 0 Å². The normalized spacial score (nSPS) is 18.3. The zero-order valence-corrected chi connectivity index (χ0v) is 30.0. The molecule has 6 aromatic carbocycles. The lowest BCUT2D eigenvalue weighted by Crippen LogP contribution is -2.31. The number of benzene rings is 6. The zero-order chi connectivity index (χ0) is 36.0. The Kier molecular flexibility index (Phi) is 7.88. The average Bonchev–Trinajstić information content (AvgIpc) is 3.60. The maximum absolute atomic E-state index is 5.41. The van der Waals surface area contributed by atoms with Crippen molar-refractivity contribution in [1.82, 2.24) is 14.9 Å². The van der Waals surface area contributed by atoms with Gasteiger partial charge in [0, 0.05) is 33.5 Å². The third-order valence-electron chi connectivity index (χ3n) is 10.9. The summed E-state index contributed by atoms with van der Waals surface area (Å²) < 4.78 is 2.41. The first-order valence-corrected chi connectivity index (χ1v) is 18.7. The quantitative estimate of drug-likeness (QED) is 0.188. The summed E-state index contributed by atoms with van der Waals surface area (Å²) >= 11 is 0. The van der Waals surface area contributed by atoms with Gasteiger partial charge in [0.1, 0.15) is 6.17 Å². The molecule has 0 saturated carbocycles. The van der Waals surface area contributed by atoms with Crippen LogP contribution in [-0.2, 0) is 0 Å². The second-order valence-electron chi connectivity index (χ2n) is 14.3. The first-order valence-electron chi connectivity index (χ1n) is 18.7. The van der Waals surface area contributed by atoms with Crippen LogP contribution in [0.25, 0.3) is 55.1 Å². The SMILES string of the molecule is CC1C=C(c2nc3ccccc3c3c2c2ccccc2n3-c2ccccc2)C=CC1C1=CC(c2ccc(-c3ccccc3)cc2)=NC(c2ccccc2)N1. The standard InChI is InChI=1S/C50H38N4/c1-33-31-38(48-47-42-22-12-14-24-46(42)54(39-19-9-4-10-20-39)49(47)41-21-11-13-23-43(41)51-48)29-30-40(33)45-32-44(52-50(53-45)37-17-7-3-8-18-37)36-27-25-35(26-28-36)34-15-5-2-6-16-34/h2-33,40,50,53H,1H3. The molecule has 2 aliphatic rings. The molecule has 1 aliphatic heterocycles. The molecular formula is C50H38N4. The van der Waals surface area contributed by atoms with E-state index in [0.29, 0.717) is 0 Å². The van der Waals surface area contributed by atoms with Crippen LogP contribution in [0, 0.1) is 11.8 Å². The number of hydrogen-bond acceptors (Lipinski definition) is 3. The Morgan fingerprint density at radius 3 is 2.00 bits per heavy atom. The molecule has 3 unspecified atom stereocenters. The van der Waals surface area contributed by atoms with Crippen LogP contribution in [0.5, 0.6) is 0 Å². The number of aromatic nitrogens is 2. The fraction of sp³-hybridized carbons (Fsp3) is 0.0800. The number of allylic oxidation sites excluding steroid dienone is 5. The van der Waals surface area contributed by atoms with Crippen LogP contribution in [0.1, 0.15) is 29.9 Å². The van der Waals surface area contributed by atoms with E-state index in [4.69, 9.17) is 9.98 Å². The van der Waals surface area contributed by atoms with Crippen molar-refractivity contribution in [3.05, 3.63) is 211 Å². The minimum atomic E-state index is -0.188. The molecule has 10 rings (SSSR count). The molecule has 3 atom stereocenters. The predicted molar refractivity (Wildman–Crippen MR) is 225 cm³/mol. The highest BCUT2D eigenvalue weighted by Gasteiger charge is 2.29. The molecule has 8 aromatic rings. The average molecular weight is 695 g/mol. The summed E-state index contributed by atoms with van der Waals surface area (Å²) in [7, 11) is 0. The molecule has 0 amide bonds. The summed E-state index contributed by atoms with van der Waals surface area (Å²) in [6.45, 7) is 2.32. The monoisotopic (exact) mass is 694 g/mol. The van der Waals surface area contributed by atoms with Crippen molar-refractivity contribution >= 4 is 44.0 Å². The second kappa shape index (κ2) is 13.3. The molecule has 0 bridgehead atoms.